The third-order valence-corrected chi connectivity index (χ3v) is 5.63. The van der Waals surface area contributed by atoms with Crippen LogP contribution in [-0.4, -0.2) is 34.9 Å². The molecule has 1 aliphatic rings. The van der Waals surface area contributed by atoms with Crippen molar-refractivity contribution >= 4 is 22.9 Å². The molecule has 1 aromatic heterocycles. The summed E-state index contributed by atoms with van der Waals surface area (Å²) in [5.41, 5.74) is 3.39. The number of likely N-dealkylation sites (tertiary alicyclic amines) is 1. The van der Waals surface area contributed by atoms with Gasteiger partial charge in [-0.2, -0.15) is 0 Å². The number of nitrogens with one attached hydrogen (secondary N) is 1. The standard InChI is InChI=1S/C19H25N3OS/c1-3-18-21-16(13-24-18)12-19(23)22-10-8-15(9-11-22)20-17-7-5-4-6-14(17)2/h4-7,13,15,20H,3,8-12H2,1-2H3. The molecule has 2 heterocycles. The third-order valence-electron chi connectivity index (χ3n) is 4.59. The van der Waals surface area contributed by atoms with Gasteiger partial charge in [-0.25, -0.2) is 4.98 Å². The van der Waals surface area contributed by atoms with Gasteiger partial charge in [0.2, 0.25) is 5.91 Å². The number of para-hydroxylation sites is 1. The van der Waals surface area contributed by atoms with Gasteiger partial charge in [0.15, 0.2) is 0 Å². The van der Waals surface area contributed by atoms with Crippen LogP contribution in [0.3, 0.4) is 0 Å². The number of hydrogen-bond donors (Lipinski definition) is 1. The smallest absolute Gasteiger partial charge is 0.228 e. The summed E-state index contributed by atoms with van der Waals surface area (Å²) in [6, 6.07) is 8.82. The molecule has 0 aliphatic carbocycles. The van der Waals surface area contributed by atoms with Crippen molar-refractivity contribution in [2.24, 2.45) is 0 Å². The molecule has 5 heteroatoms. The molecular weight excluding hydrogens is 318 g/mol. The zero-order chi connectivity index (χ0) is 16.9. The predicted molar refractivity (Wildman–Crippen MR) is 99.6 cm³/mol. The van der Waals surface area contributed by atoms with Gasteiger partial charge in [0, 0.05) is 30.2 Å². The van der Waals surface area contributed by atoms with Gasteiger partial charge in [-0.3, -0.25) is 4.79 Å². The lowest BCUT2D eigenvalue weighted by atomic mass is 10.0. The van der Waals surface area contributed by atoms with Gasteiger partial charge in [0.25, 0.3) is 0 Å². The van der Waals surface area contributed by atoms with E-state index in [2.05, 4.69) is 48.4 Å². The summed E-state index contributed by atoms with van der Waals surface area (Å²) in [4.78, 5) is 18.9. The molecule has 128 valence electrons. The van der Waals surface area contributed by atoms with Crippen LogP contribution in [0.25, 0.3) is 0 Å². The summed E-state index contributed by atoms with van der Waals surface area (Å²) in [6.07, 6.45) is 3.37. The van der Waals surface area contributed by atoms with E-state index >= 15 is 0 Å². The number of amides is 1. The summed E-state index contributed by atoms with van der Waals surface area (Å²) in [7, 11) is 0. The van der Waals surface area contributed by atoms with Crippen LogP contribution in [0.5, 0.6) is 0 Å². The van der Waals surface area contributed by atoms with E-state index in [-0.39, 0.29) is 5.91 Å². The van der Waals surface area contributed by atoms with Gasteiger partial charge in [-0.1, -0.05) is 25.1 Å². The number of aryl methyl sites for hydroxylation is 2. The first-order valence-corrected chi connectivity index (χ1v) is 9.57. The Kier molecular flexibility index (Phi) is 5.51. The zero-order valence-electron chi connectivity index (χ0n) is 14.4. The van der Waals surface area contributed by atoms with Crippen molar-refractivity contribution < 1.29 is 4.79 Å². The summed E-state index contributed by atoms with van der Waals surface area (Å²) in [5, 5.41) is 6.75. The van der Waals surface area contributed by atoms with Gasteiger partial charge in [0.1, 0.15) is 0 Å². The van der Waals surface area contributed by atoms with Crippen LogP contribution in [0, 0.1) is 6.92 Å². The van der Waals surface area contributed by atoms with E-state index in [9.17, 15) is 4.79 Å². The highest BCUT2D eigenvalue weighted by atomic mass is 32.1. The van der Waals surface area contributed by atoms with E-state index in [1.807, 2.05) is 10.3 Å². The number of carbonyl (C=O) groups excluding carboxylic acids is 1. The molecule has 0 saturated carbocycles. The lowest BCUT2D eigenvalue weighted by Gasteiger charge is -2.33. The fourth-order valence-corrected chi connectivity index (χ4v) is 3.83. The van der Waals surface area contributed by atoms with E-state index in [0.29, 0.717) is 12.5 Å². The quantitative estimate of drug-likeness (QED) is 0.901. The third kappa shape index (κ3) is 4.15. The van der Waals surface area contributed by atoms with Gasteiger partial charge in [-0.05, 0) is 37.8 Å². The SMILES string of the molecule is CCc1nc(CC(=O)N2CCC(Nc3ccccc3C)CC2)cs1. The first kappa shape index (κ1) is 17.0. The minimum Gasteiger partial charge on any atom is -0.382 e. The van der Waals surface area contributed by atoms with Crippen molar-refractivity contribution in [1.82, 2.24) is 9.88 Å². The monoisotopic (exact) mass is 343 g/mol. The van der Waals surface area contributed by atoms with Crippen LogP contribution >= 0.6 is 11.3 Å². The number of piperidine rings is 1. The topological polar surface area (TPSA) is 45.2 Å². The summed E-state index contributed by atoms with van der Waals surface area (Å²) < 4.78 is 0. The Morgan fingerprint density at radius 3 is 2.75 bits per heavy atom. The number of benzene rings is 1. The number of aromatic nitrogens is 1. The molecule has 1 amide bonds. The second-order valence-corrected chi connectivity index (χ2v) is 7.32. The normalized spacial score (nSPS) is 15.5. The van der Waals surface area contributed by atoms with Crippen molar-refractivity contribution in [1.29, 1.82) is 0 Å². The number of nitrogens with zero attached hydrogens (tertiary/aromatic N) is 2. The molecule has 1 fully saturated rings. The van der Waals surface area contributed by atoms with Crippen LogP contribution in [0.1, 0.15) is 36.0 Å². The number of anilines is 1. The average molecular weight is 343 g/mol. The highest BCUT2D eigenvalue weighted by molar-refractivity contribution is 7.09. The Hall–Kier alpha value is -1.88. The Labute approximate surface area is 147 Å². The van der Waals surface area contributed by atoms with Gasteiger partial charge < -0.3 is 10.2 Å². The molecule has 24 heavy (non-hydrogen) atoms. The first-order valence-electron chi connectivity index (χ1n) is 8.69. The van der Waals surface area contributed by atoms with Crippen molar-refractivity contribution in [3.05, 3.63) is 45.9 Å². The number of rotatable bonds is 5. The molecule has 0 atom stereocenters. The predicted octanol–water partition coefficient (Wildman–Crippen LogP) is 3.66. The van der Waals surface area contributed by atoms with E-state index in [1.165, 1.54) is 11.3 Å². The molecule has 0 unspecified atom stereocenters. The molecular formula is C19H25N3OS. The molecule has 0 spiro atoms. The van der Waals surface area contributed by atoms with Crippen LogP contribution in [0.4, 0.5) is 5.69 Å². The largest absolute Gasteiger partial charge is 0.382 e. The molecule has 1 saturated heterocycles. The Bertz CT molecular complexity index is 689. The van der Waals surface area contributed by atoms with Gasteiger partial charge in [0.05, 0.1) is 17.1 Å². The zero-order valence-corrected chi connectivity index (χ0v) is 15.2. The Morgan fingerprint density at radius 1 is 1.33 bits per heavy atom. The average Bonchev–Trinajstić information content (AvgIpc) is 3.05. The number of thiazole rings is 1. The van der Waals surface area contributed by atoms with E-state index < -0.39 is 0 Å². The molecule has 4 nitrogen and oxygen atoms in total. The molecule has 2 aromatic rings. The maximum atomic E-state index is 12.5. The molecule has 1 aliphatic heterocycles. The fourth-order valence-electron chi connectivity index (χ4n) is 3.09. The highest BCUT2D eigenvalue weighted by Crippen LogP contribution is 2.20. The lowest BCUT2D eigenvalue weighted by Crippen LogP contribution is -2.43. The van der Waals surface area contributed by atoms with Crippen molar-refractivity contribution in [3.8, 4) is 0 Å². The van der Waals surface area contributed by atoms with Crippen molar-refractivity contribution in [3.63, 3.8) is 0 Å². The molecule has 3 rings (SSSR count). The van der Waals surface area contributed by atoms with Gasteiger partial charge >= 0.3 is 0 Å². The number of carbonyl (C=O) groups is 1. The minimum atomic E-state index is 0.206. The van der Waals surface area contributed by atoms with Gasteiger partial charge in [-0.15, -0.1) is 11.3 Å². The highest BCUT2D eigenvalue weighted by Gasteiger charge is 2.23. The second kappa shape index (κ2) is 7.79. The van der Waals surface area contributed by atoms with Crippen molar-refractivity contribution in [2.75, 3.05) is 18.4 Å². The van der Waals surface area contributed by atoms with Crippen LogP contribution < -0.4 is 5.32 Å². The van der Waals surface area contributed by atoms with Crippen LogP contribution in [0.15, 0.2) is 29.6 Å². The molecule has 1 N–H and O–H groups in total. The number of hydrogen-bond acceptors (Lipinski definition) is 4. The second-order valence-electron chi connectivity index (χ2n) is 6.38. The van der Waals surface area contributed by atoms with E-state index in [0.717, 1.165) is 43.1 Å². The minimum absolute atomic E-state index is 0.206. The van der Waals surface area contributed by atoms with Crippen molar-refractivity contribution in [2.45, 2.75) is 45.6 Å². The Morgan fingerprint density at radius 2 is 2.08 bits per heavy atom. The molecule has 0 radical (unpaired) electrons. The fraction of sp³-hybridized carbons (Fsp3) is 0.474. The molecule has 1 aromatic carbocycles. The van der Waals surface area contributed by atoms with E-state index in [4.69, 9.17) is 0 Å². The van der Waals surface area contributed by atoms with Crippen LogP contribution in [0.2, 0.25) is 0 Å². The maximum absolute atomic E-state index is 12.5. The maximum Gasteiger partial charge on any atom is 0.228 e. The van der Waals surface area contributed by atoms with E-state index in [1.54, 1.807) is 11.3 Å². The first-order chi connectivity index (χ1) is 11.7. The van der Waals surface area contributed by atoms with Crippen LogP contribution in [-0.2, 0) is 17.6 Å². The molecule has 0 bridgehead atoms. The summed E-state index contributed by atoms with van der Waals surface area (Å²) in [6.45, 7) is 5.87. The Balaban J connectivity index is 1.49. The summed E-state index contributed by atoms with van der Waals surface area (Å²) >= 11 is 1.65. The summed E-state index contributed by atoms with van der Waals surface area (Å²) in [5.74, 6) is 0.206. The lowest BCUT2D eigenvalue weighted by molar-refractivity contribution is -0.131.